The molecule has 2 aromatic carbocycles. The number of nitrogens with one attached hydrogen (secondary N) is 2. The second-order valence-corrected chi connectivity index (χ2v) is 5.83. The monoisotopic (exact) mass is 350 g/mol. The highest BCUT2D eigenvalue weighted by atomic mass is 19.1. The fourth-order valence-electron chi connectivity index (χ4n) is 2.46. The van der Waals surface area contributed by atoms with Crippen LogP contribution in [0.5, 0.6) is 0 Å². The van der Waals surface area contributed by atoms with E-state index in [-0.39, 0.29) is 18.1 Å². The summed E-state index contributed by atoms with van der Waals surface area (Å²) in [6.07, 6.45) is 1.06. The number of anilines is 3. The van der Waals surface area contributed by atoms with E-state index in [1.54, 1.807) is 24.3 Å². The first-order chi connectivity index (χ1) is 12.6. The Balaban J connectivity index is 1.57. The second-order valence-electron chi connectivity index (χ2n) is 5.83. The summed E-state index contributed by atoms with van der Waals surface area (Å²) in [5.41, 5.74) is 2.78. The number of rotatable bonds is 6. The Morgan fingerprint density at radius 2 is 1.69 bits per heavy atom. The highest BCUT2D eigenvalue weighted by molar-refractivity contribution is 5.91. The van der Waals surface area contributed by atoms with Gasteiger partial charge in [0, 0.05) is 5.69 Å². The maximum absolute atomic E-state index is 13.1. The molecule has 2 N–H and O–H groups in total. The average molecular weight is 350 g/mol. The SMILES string of the molecule is CCc1ccc(Nc2ccc(NC(=O)Cc3cccc(F)c3)nn2)cc1. The Kier molecular flexibility index (Phi) is 5.53. The van der Waals surface area contributed by atoms with Crippen LogP contribution in [-0.2, 0) is 17.6 Å². The van der Waals surface area contributed by atoms with Crippen molar-refractivity contribution < 1.29 is 9.18 Å². The minimum Gasteiger partial charge on any atom is -0.339 e. The zero-order valence-electron chi connectivity index (χ0n) is 14.4. The van der Waals surface area contributed by atoms with E-state index >= 15 is 0 Å². The van der Waals surface area contributed by atoms with Gasteiger partial charge in [-0.25, -0.2) is 4.39 Å². The van der Waals surface area contributed by atoms with Gasteiger partial charge >= 0.3 is 0 Å². The van der Waals surface area contributed by atoms with Gasteiger partial charge < -0.3 is 10.6 Å². The molecule has 0 unspecified atom stereocenters. The fraction of sp³-hybridized carbons (Fsp3) is 0.150. The first-order valence-corrected chi connectivity index (χ1v) is 8.36. The van der Waals surface area contributed by atoms with Crippen LogP contribution in [0.2, 0.25) is 0 Å². The Labute approximate surface area is 151 Å². The van der Waals surface area contributed by atoms with Crippen LogP contribution in [0.3, 0.4) is 0 Å². The summed E-state index contributed by atoms with van der Waals surface area (Å²) in [7, 11) is 0. The smallest absolute Gasteiger partial charge is 0.229 e. The van der Waals surface area contributed by atoms with Crippen LogP contribution >= 0.6 is 0 Å². The van der Waals surface area contributed by atoms with E-state index < -0.39 is 0 Å². The van der Waals surface area contributed by atoms with Crippen molar-refractivity contribution in [3.63, 3.8) is 0 Å². The summed E-state index contributed by atoms with van der Waals surface area (Å²) in [5, 5.41) is 13.9. The predicted molar refractivity (Wildman–Crippen MR) is 99.9 cm³/mol. The molecule has 0 atom stereocenters. The molecule has 1 aromatic heterocycles. The van der Waals surface area contributed by atoms with Gasteiger partial charge in [-0.2, -0.15) is 0 Å². The Morgan fingerprint density at radius 3 is 2.35 bits per heavy atom. The zero-order valence-corrected chi connectivity index (χ0v) is 14.4. The van der Waals surface area contributed by atoms with Crippen LogP contribution in [0.25, 0.3) is 0 Å². The number of aryl methyl sites for hydroxylation is 1. The number of amides is 1. The third-order valence-electron chi connectivity index (χ3n) is 3.82. The van der Waals surface area contributed by atoms with Crippen LogP contribution in [-0.4, -0.2) is 16.1 Å². The summed E-state index contributed by atoms with van der Waals surface area (Å²) in [6, 6.07) is 17.4. The van der Waals surface area contributed by atoms with Crippen LogP contribution in [0, 0.1) is 5.82 Å². The van der Waals surface area contributed by atoms with Crippen molar-refractivity contribution >= 4 is 23.2 Å². The fourth-order valence-corrected chi connectivity index (χ4v) is 2.46. The number of nitrogens with zero attached hydrogens (tertiary/aromatic N) is 2. The number of benzene rings is 2. The van der Waals surface area contributed by atoms with Crippen LogP contribution in [0.4, 0.5) is 21.7 Å². The largest absolute Gasteiger partial charge is 0.339 e. The van der Waals surface area contributed by atoms with E-state index in [1.807, 2.05) is 12.1 Å². The number of carbonyl (C=O) groups excluding carboxylic acids is 1. The predicted octanol–water partition coefficient (Wildman–Crippen LogP) is 4.10. The number of aromatic nitrogens is 2. The quantitative estimate of drug-likeness (QED) is 0.702. The minimum absolute atomic E-state index is 0.0726. The van der Waals surface area contributed by atoms with Gasteiger partial charge in [-0.3, -0.25) is 4.79 Å². The lowest BCUT2D eigenvalue weighted by Gasteiger charge is -2.07. The van der Waals surface area contributed by atoms with Gasteiger partial charge in [-0.15, -0.1) is 10.2 Å². The third kappa shape index (κ3) is 4.86. The lowest BCUT2D eigenvalue weighted by atomic mass is 10.1. The van der Waals surface area contributed by atoms with Gasteiger partial charge in [-0.05, 0) is 53.9 Å². The third-order valence-corrected chi connectivity index (χ3v) is 3.82. The molecule has 0 aliphatic carbocycles. The molecule has 0 fully saturated rings. The van der Waals surface area contributed by atoms with Crippen molar-refractivity contribution in [1.29, 1.82) is 0 Å². The van der Waals surface area contributed by atoms with Gasteiger partial charge in [0.2, 0.25) is 5.91 Å². The van der Waals surface area contributed by atoms with E-state index in [0.717, 1.165) is 12.1 Å². The highest BCUT2D eigenvalue weighted by Gasteiger charge is 2.06. The van der Waals surface area contributed by atoms with E-state index in [4.69, 9.17) is 0 Å². The summed E-state index contributed by atoms with van der Waals surface area (Å²) < 4.78 is 13.1. The molecule has 26 heavy (non-hydrogen) atoms. The Bertz CT molecular complexity index is 879. The van der Waals surface area contributed by atoms with E-state index in [1.165, 1.54) is 17.7 Å². The molecule has 0 saturated carbocycles. The topological polar surface area (TPSA) is 66.9 Å². The van der Waals surface area contributed by atoms with Crippen molar-refractivity contribution in [2.75, 3.05) is 10.6 Å². The standard InChI is InChI=1S/C20H19FN4O/c1-2-14-6-8-17(9-7-14)22-18-10-11-19(25-24-18)23-20(26)13-15-4-3-5-16(21)12-15/h3-12H,2,13H2,1H3,(H,22,24)(H,23,25,26). The molecule has 3 rings (SSSR count). The molecule has 3 aromatic rings. The summed E-state index contributed by atoms with van der Waals surface area (Å²) >= 11 is 0. The van der Waals surface area contributed by atoms with Crippen molar-refractivity contribution in [2.45, 2.75) is 19.8 Å². The first kappa shape index (κ1) is 17.5. The Hall–Kier alpha value is -3.28. The molecule has 132 valence electrons. The van der Waals surface area contributed by atoms with Gasteiger partial charge in [-0.1, -0.05) is 31.2 Å². The zero-order chi connectivity index (χ0) is 18.4. The van der Waals surface area contributed by atoms with E-state index in [9.17, 15) is 9.18 Å². The lowest BCUT2D eigenvalue weighted by molar-refractivity contribution is -0.115. The van der Waals surface area contributed by atoms with Crippen molar-refractivity contribution in [1.82, 2.24) is 10.2 Å². The molecule has 0 bridgehead atoms. The van der Waals surface area contributed by atoms with Gasteiger partial charge in [0.05, 0.1) is 6.42 Å². The highest BCUT2D eigenvalue weighted by Crippen LogP contribution is 2.16. The normalized spacial score (nSPS) is 10.4. The summed E-state index contributed by atoms with van der Waals surface area (Å²) in [5.74, 6) is 0.286. The van der Waals surface area contributed by atoms with Crippen molar-refractivity contribution in [3.05, 3.63) is 77.6 Å². The molecule has 0 spiro atoms. The molecule has 0 saturated heterocycles. The van der Waals surface area contributed by atoms with Gasteiger partial charge in [0.1, 0.15) is 5.82 Å². The number of halogens is 1. The molecular weight excluding hydrogens is 331 g/mol. The molecular formula is C20H19FN4O. The molecule has 1 amide bonds. The molecule has 0 aliphatic heterocycles. The van der Waals surface area contributed by atoms with Crippen LogP contribution < -0.4 is 10.6 Å². The molecule has 5 nitrogen and oxygen atoms in total. The number of hydrogen-bond donors (Lipinski definition) is 2. The minimum atomic E-state index is -0.363. The molecule has 6 heteroatoms. The van der Waals surface area contributed by atoms with Gasteiger partial charge in [0.15, 0.2) is 11.6 Å². The summed E-state index contributed by atoms with van der Waals surface area (Å²) in [4.78, 5) is 12.0. The van der Waals surface area contributed by atoms with Crippen LogP contribution in [0.15, 0.2) is 60.7 Å². The summed E-state index contributed by atoms with van der Waals surface area (Å²) in [6.45, 7) is 2.11. The van der Waals surface area contributed by atoms with E-state index in [0.29, 0.717) is 17.2 Å². The number of hydrogen-bond acceptors (Lipinski definition) is 4. The molecule has 0 aliphatic rings. The molecule has 1 heterocycles. The van der Waals surface area contributed by atoms with E-state index in [2.05, 4.69) is 39.9 Å². The average Bonchev–Trinajstić information content (AvgIpc) is 2.64. The Morgan fingerprint density at radius 1 is 0.962 bits per heavy atom. The maximum Gasteiger partial charge on any atom is 0.229 e. The van der Waals surface area contributed by atoms with Crippen molar-refractivity contribution in [3.8, 4) is 0 Å². The second kappa shape index (κ2) is 8.20. The van der Waals surface area contributed by atoms with Crippen molar-refractivity contribution in [2.24, 2.45) is 0 Å². The maximum atomic E-state index is 13.1. The number of carbonyl (C=O) groups is 1. The lowest BCUT2D eigenvalue weighted by Crippen LogP contribution is -2.15. The first-order valence-electron chi connectivity index (χ1n) is 8.36. The molecule has 0 radical (unpaired) electrons. The van der Waals surface area contributed by atoms with Gasteiger partial charge in [0.25, 0.3) is 0 Å². The van der Waals surface area contributed by atoms with Crippen LogP contribution in [0.1, 0.15) is 18.1 Å².